The zero-order valence-electron chi connectivity index (χ0n) is 47.2. The number of esters is 4. The fourth-order valence-electron chi connectivity index (χ4n) is 10.9. The SMILES string of the molecule is COC(=O)c1sccc1NC(C(=O)O[C@H]1C[N+]2(CC(=O)c3ccccn3)CCC1CC2)c1ccccc1.COC(=O)c1sccc1NC(C(=O)O[C@H]1C[N+]2(CC(=O)c3ccccn3)CCC1CC2)c1ccccc1.O=C([O-])C(F)(F)F.O=C([O-])C(F)(F)F. The molecular weight excluding hydrogens is 1210 g/mol. The molecule has 0 amide bonds. The quantitative estimate of drug-likeness (QED) is 0.0293. The summed E-state index contributed by atoms with van der Waals surface area (Å²) in [5.74, 6) is -7.15. The van der Waals surface area contributed by atoms with E-state index in [1.54, 1.807) is 59.6 Å². The number of nitrogens with one attached hydrogen (secondary N) is 2. The number of rotatable bonds is 18. The number of aromatic nitrogens is 2. The van der Waals surface area contributed by atoms with Crippen LogP contribution in [0.4, 0.5) is 37.7 Å². The summed E-state index contributed by atoms with van der Waals surface area (Å²) in [6, 6.07) is 31.3. The number of carbonyl (C=O) groups excluding carboxylic acids is 8. The number of Topliss-reactive ketones (excluding diaryl/α,β-unsaturated/α-hetero) is 2. The van der Waals surface area contributed by atoms with Gasteiger partial charge >= 0.3 is 36.2 Å². The molecule has 0 saturated carbocycles. The predicted octanol–water partition coefficient (Wildman–Crippen LogP) is 6.83. The van der Waals surface area contributed by atoms with Crippen molar-refractivity contribution in [1.82, 2.24) is 9.97 Å². The van der Waals surface area contributed by atoms with Gasteiger partial charge in [-0.05, 0) is 58.3 Å². The molecule has 0 spiro atoms. The monoisotopic (exact) mass is 1270 g/mol. The molecule has 20 nitrogen and oxygen atoms in total. The molecule has 6 saturated heterocycles. The molecule has 6 aromatic rings. The summed E-state index contributed by atoms with van der Waals surface area (Å²) in [7, 11) is 2.67. The first-order chi connectivity index (χ1) is 41.8. The second kappa shape index (κ2) is 29.9. The molecule has 6 aliphatic heterocycles. The maximum atomic E-state index is 13.6. The van der Waals surface area contributed by atoms with Crippen molar-refractivity contribution in [3.05, 3.63) is 165 Å². The first-order valence-electron chi connectivity index (χ1n) is 27.4. The molecule has 4 atom stereocenters. The van der Waals surface area contributed by atoms with E-state index in [9.17, 15) is 55.1 Å². The Bertz CT molecular complexity index is 3140. The lowest BCUT2D eigenvalue weighted by atomic mass is 9.83. The van der Waals surface area contributed by atoms with Crippen LogP contribution in [0, 0.1) is 11.8 Å². The number of hydrogen-bond acceptors (Lipinski definition) is 20. The number of thiophene rings is 2. The van der Waals surface area contributed by atoms with E-state index < -0.39 is 60.3 Å². The van der Waals surface area contributed by atoms with Gasteiger partial charge in [0.1, 0.15) is 59.3 Å². The van der Waals surface area contributed by atoms with Gasteiger partial charge in [0, 0.05) is 49.9 Å². The third-order valence-corrected chi connectivity index (χ3v) is 17.1. The first kappa shape index (κ1) is 66.9. The standard InChI is InChI=1S/2C28H29N3O5S.2C2HF3O2/c2*1-35-28(34)26-22(12-16-37-26)30-25(20-7-3-2-4-8-20)27(33)36-24-18-31(14-10-19(24)11-15-31)17-23(32)21-9-5-6-13-29-21;2*3-2(4,5)1(6)7/h2*2-9,12-13,16,19,24-25H,10-11,14-15,17-18H2,1H3;2*(H,6,7)/t2*19?,24-,25?,31?;;/m00../s1. The molecule has 468 valence electrons. The average Bonchev–Trinajstić information content (AvgIpc) is 3.15. The minimum Gasteiger partial charge on any atom is -0.542 e. The van der Waals surface area contributed by atoms with Crippen LogP contribution in [0.3, 0.4) is 0 Å². The number of carboxylic acids is 2. The second-order valence-corrected chi connectivity index (χ2v) is 22.8. The van der Waals surface area contributed by atoms with Gasteiger partial charge in [0.15, 0.2) is 24.3 Å². The van der Waals surface area contributed by atoms with E-state index in [4.69, 9.17) is 38.7 Å². The number of methoxy groups -OCH3 is 2. The normalized spacial score (nSPS) is 21.3. The summed E-state index contributed by atoms with van der Waals surface area (Å²) in [6.07, 6.45) is -4.03. The van der Waals surface area contributed by atoms with Crippen LogP contribution < -0.4 is 20.8 Å². The zero-order valence-corrected chi connectivity index (χ0v) is 48.9. The molecule has 2 N–H and O–H groups in total. The highest BCUT2D eigenvalue weighted by Gasteiger charge is 2.51. The number of halogens is 6. The summed E-state index contributed by atoms with van der Waals surface area (Å²) in [4.78, 5) is 104. The molecule has 6 fully saturated rings. The van der Waals surface area contributed by atoms with Gasteiger partial charge in [-0.3, -0.25) is 19.6 Å². The molecule has 0 radical (unpaired) electrons. The lowest BCUT2D eigenvalue weighted by molar-refractivity contribution is -0.938. The number of nitrogens with zero attached hydrogens (tertiary/aromatic N) is 4. The van der Waals surface area contributed by atoms with Gasteiger partial charge in [0.05, 0.1) is 51.8 Å². The molecule has 10 heterocycles. The van der Waals surface area contributed by atoms with Crippen molar-refractivity contribution in [3.63, 3.8) is 0 Å². The van der Waals surface area contributed by atoms with Gasteiger partial charge < -0.3 is 58.3 Å². The third-order valence-electron chi connectivity index (χ3n) is 15.3. The molecule has 4 aromatic heterocycles. The predicted molar refractivity (Wildman–Crippen MR) is 301 cm³/mol. The number of anilines is 2. The van der Waals surface area contributed by atoms with E-state index in [0.29, 0.717) is 67.7 Å². The Morgan fingerprint density at radius 3 is 1.16 bits per heavy atom. The molecule has 2 aromatic carbocycles. The van der Waals surface area contributed by atoms with E-state index in [0.717, 1.165) is 63.0 Å². The van der Waals surface area contributed by atoms with Crippen molar-refractivity contribution >= 4 is 81.4 Å². The fourth-order valence-corrected chi connectivity index (χ4v) is 12.5. The number of fused-ring (bicyclic) bond motifs is 6. The van der Waals surface area contributed by atoms with Crippen LogP contribution in [0.1, 0.15) is 89.2 Å². The van der Waals surface area contributed by atoms with Crippen LogP contribution in [0.2, 0.25) is 0 Å². The van der Waals surface area contributed by atoms with Gasteiger partial charge in [-0.25, -0.2) is 19.2 Å². The Morgan fingerprint density at radius 2 is 0.864 bits per heavy atom. The van der Waals surface area contributed by atoms with Gasteiger partial charge in [-0.1, -0.05) is 72.8 Å². The molecule has 4 bridgehead atoms. The van der Waals surface area contributed by atoms with Gasteiger partial charge in [-0.15, -0.1) is 22.7 Å². The Hall–Kier alpha value is -8.60. The number of hydrogen-bond donors (Lipinski definition) is 2. The number of pyridine rings is 2. The summed E-state index contributed by atoms with van der Waals surface area (Å²) >= 11 is 2.50. The number of ether oxygens (including phenoxy) is 4. The van der Waals surface area contributed by atoms with E-state index >= 15 is 0 Å². The number of piperidine rings is 6. The van der Waals surface area contributed by atoms with Gasteiger partial charge in [0.25, 0.3) is 0 Å². The van der Waals surface area contributed by atoms with Crippen LogP contribution in [0.5, 0.6) is 0 Å². The van der Waals surface area contributed by atoms with Gasteiger partial charge in [0.2, 0.25) is 11.6 Å². The molecule has 0 aliphatic carbocycles. The highest BCUT2D eigenvalue weighted by molar-refractivity contribution is 7.13. The van der Waals surface area contributed by atoms with Crippen LogP contribution in [-0.2, 0) is 38.1 Å². The lowest BCUT2D eigenvalue weighted by Crippen LogP contribution is -2.65. The number of alkyl halides is 6. The average molecular weight is 1270 g/mol. The van der Waals surface area contributed by atoms with Crippen molar-refractivity contribution in [2.75, 3.05) is 77.2 Å². The van der Waals surface area contributed by atoms with Crippen LogP contribution >= 0.6 is 22.7 Å². The van der Waals surface area contributed by atoms with Crippen LogP contribution in [0.15, 0.2) is 132 Å². The smallest absolute Gasteiger partial charge is 0.430 e. The van der Waals surface area contributed by atoms with E-state index in [1.807, 2.05) is 72.8 Å². The Morgan fingerprint density at radius 1 is 0.534 bits per heavy atom. The Labute approximate surface area is 508 Å². The fraction of sp³-hybridized carbons (Fsp3) is 0.367. The summed E-state index contributed by atoms with van der Waals surface area (Å²) in [5.41, 5.74) is 3.49. The summed E-state index contributed by atoms with van der Waals surface area (Å²) < 4.78 is 86.5. The van der Waals surface area contributed by atoms with Crippen molar-refractivity contribution in [3.8, 4) is 0 Å². The number of carboxylic acid groups (broad SMARTS) is 2. The lowest BCUT2D eigenvalue weighted by Gasteiger charge is -2.51. The molecular formula is C60H60F6N6O14S2. The topological polar surface area (TPSA) is 269 Å². The Kier molecular flexibility index (Phi) is 22.7. The number of aliphatic carboxylic acids is 2. The molecule has 28 heteroatoms. The minimum atomic E-state index is -5.19. The largest absolute Gasteiger partial charge is 0.542 e. The van der Waals surface area contributed by atoms with Gasteiger partial charge in [-0.2, -0.15) is 26.3 Å². The van der Waals surface area contributed by atoms with Crippen molar-refractivity contribution < 1.29 is 103 Å². The highest BCUT2D eigenvalue weighted by atomic mass is 32.1. The van der Waals surface area contributed by atoms with E-state index in [1.165, 1.54) is 36.9 Å². The number of carbonyl (C=O) groups is 8. The van der Waals surface area contributed by atoms with Crippen molar-refractivity contribution in [2.45, 2.75) is 62.3 Å². The molecule has 12 rings (SSSR count). The number of benzene rings is 2. The third kappa shape index (κ3) is 17.8. The van der Waals surface area contributed by atoms with Crippen LogP contribution in [-0.4, -0.2) is 157 Å². The summed E-state index contributed by atoms with van der Waals surface area (Å²) in [6.45, 7) is 5.53. The van der Waals surface area contributed by atoms with Crippen molar-refractivity contribution in [2.24, 2.45) is 11.8 Å². The zero-order chi connectivity index (χ0) is 63.8. The second-order valence-electron chi connectivity index (χ2n) is 21.0. The first-order valence-corrected chi connectivity index (χ1v) is 29.1. The minimum absolute atomic E-state index is 0.0163. The number of quaternary nitrogens is 2. The number of ketones is 2. The maximum Gasteiger partial charge on any atom is 0.430 e. The van der Waals surface area contributed by atoms with Crippen LogP contribution in [0.25, 0.3) is 0 Å². The van der Waals surface area contributed by atoms with E-state index in [-0.39, 0.29) is 35.6 Å². The van der Waals surface area contributed by atoms with E-state index in [2.05, 4.69) is 20.6 Å². The summed E-state index contributed by atoms with van der Waals surface area (Å²) in [5, 5.41) is 27.6. The van der Waals surface area contributed by atoms with Crippen molar-refractivity contribution in [1.29, 1.82) is 0 Å². The maximum absolute atomic E-state index is 13.6. The highest BCUT2D eigenvalue weighted by Crippen LogP contribution is 2.39. The Balaban J connectivity index is 0.000000206. The molecule has 2 unspecified atom stereocenters. The molecule has 88 heavy (non-hydrogen) atoms. The molecule has 6 aliphatic rings.